The maximum absolute atomic E-state index is 12.4. The number of hydrogen-bond donors (Lipinski definition) is 3. The molecule has 0 atom stereocenters. The van der Waals surface area contributed by atoms with Crippen LogP contribution in [0.25, 0.3) is 10.9 Å². The van der Waals surface area contributed by atoms with Crippen molar-refractivity contribution in [3.8, 4) is 0 Å². The number of rotatable bonds is 8. The highest BCUT2D eigenvalue weighted by atomic mass is 127. The van der Waals surface area contributed by atoms with E-state index in [1.165, 1.54) is 22.9 Å². The van der Waals surface area contributed by atoms with Gasteiger partial charge in [-0.3, -0.25) is 9.89 Å². The lowest BCUT2D eigenvalue weighted by atomic mass is 10.1. The lowest BCUT2D eigenvalue weighted by molar-refractivity contribution is -0.142. The maximum Gasteiger partial charge on any atom is 0.401 e. The summed E-state index contributed by atoms with van der Waals surface area (Å²) in [6, 6.07) is 8.19. The molecule has 28 heavy (non-hydrogen) atoms. The van der Waals surface area contributed by atoms with Gasteiger partial charge in [-0.05, 0) is 38.9 Å². The van der Waals surface area contributed by atoms with Crippen LogP contribution in [0.5, 0.6) is 0 Å². The van der Waals surface area contributed by atoms with E-state index in [-0.39, 0.29) is 30.5 Å². The molecule has 0 saturated heterocycles. The molecule has 0 amide bonds. The Hall–Kier alpha value is -1.49. The van der Waals surface area contributed by atoms with Gasteiger partial charge in [0.25, 0.3) is 0 Å². The van der Waals surface area contributed by atoms with Gasteiger partial charge in [0.2, 0.25) is 0 Å². The van der Waals surface area contributed by atoms with Gasteiger partial charge in [-0.2, -0.15) is 13.2 Å². The smallest absolute Gasteiger partial charge is 0.358 e. The number of benzene rings is 1. The zero-order chi connectivity index (χ0) is 19.9. The Morgan fingerprint density at radius 2 is 1.93 bits per heavy atom. The first-order chi connectivity index (χ1) is 12.8. The molecule has 1 aromatic heterocycles. The van der Waals surface area contributed by atoms with Gasteiger partial charge >= 0.3 is 6.18 Å². The maximum atomic E-state index is 12.4. The van der Waals surface area contributed by atoms with Crippen LogP contribution in [0.15, 0.2) is 29.3 Å². The van der Waals surface area contributed by atoms with Crippen LogP contribution in [0, 0.1) is 6.92 Å². The van der Waals surface area contributed by atoms with Gasteiger partial charge in [0.05, 0.1) is 13.1 Å². The molecule has 2 rings (SSSR count). The Bertz CT molecular complexity index is 758. The fourth-order valence-corrected chi connectivity index (χ4v) is 3.02. The summed E-state index contributed by atoms with van der Waals surface area (Å²) < 4.78 is 37.1. The molecule has 0 fully saturated rings. The normalized spacial score (nSPS) is 12.3. The number of H-pyrrole nitrogens is 1. The average Bonchev–Trinajstić information content (AvgIpc) is 2.89. The summed E-state index contributed by atoms with van der Waals surface area (Å²) in [6.07, 6.45) is -3.35. The van der Waals surface area contributed by atoms with Crippen molar-refractivity contribution in [1.82, 2.24) is 20.5 Å². The molecule has 0 bridgehead atoms. The average molecular weight is 511 g/mol. The summed E-state index contributed by atoms with van der Waals surface area (Å²) in [6.45, 7) is 5.02. The lowest BCUT2D eigenvalue weighted by Gasteiger charge is -2.18. The molecule has 0 aliphatic heterocycles. The molecule has 0 unspecified atom stereocenters. The zero-order valence-electron chi connectivity index (χ0n) is 16.5. The Morgan fingerprint density at radius 1 is 1.21 bits per heavy atom. The number of guanidine groups is 1. The van der Waals surface area contributed by atoms with Crippen LogP contribution in [0.3, 0.4) is 0 Å². The fraction of sp³-hybridized carbons (Fsp3) is 0.526. The predicted molar refractivity (Wildman–Crippen MR) is 120 cm³/mol. The number of aromatic amines is 1. The zero-order valence-corrected chi connectivity index (χ0v) is 18.8. The summed E-state index contributed by atoms with van der Waals surface area (Å²) in [5, 5.41) is 7.60. The first-order valence-electron chi connectivity index (χ1n) is 9.14. The largest absolute Gasteiger partial charge is 0.401 e. The molecule has 0 spiro atoms. The van der Waals surface area contributed by atoms with Crippen molar-refractivity contribution < 1.29 is 13.2 Å². The first-order valence-corrected chi connectivity index (χ1v) is 9.14. The van der Waals surface area contributed by atoms with Crippen LogP contribution in [0.2, 0.25) is 0 Å². The molecule has 1 aromatic carbocycles. The number of hydrogen-bond acceptors (Lipinski definition) is 2. The fourth-order valence-electron chi connectivity index (χ4n) is 3.02. The van der Waals surface area contributed by atoms with E-state index in [9.17, 15) is 13.2 Å². The topological polar surface area (TPSA) is 55.5 Å². The molecule has 158 valence electrons. The van der Waals surface area contributed by atoms with Crippen LogP contribution in [0.4, 0.5) is 13.2 Å². The number of likely N-dealkylation sites (N-methyl/N-ethyl adjacent to an activating group) is 1. The molecule has 1 heterocycles. The second kappa shape index (κ2) is 11.5. The molecule has 5 nitrogen and oxygen atoms in total. The number of aliphatic imine (C=N–C) groups is 1. The number of alkyl halides is 3. The second-order valence-electron chi connectivity index (χ2n) is 6.56. The van der Waals surface area contributed by atoms with Crippen molar-refractivity contribution in [3.63, 3.8) is 0 Å². The summed E-state index contributed by atoms with van der Waals surface area (Å²) in [5.74, 6) is 0.621. The Balaban J connectivity index is 0.00000392. The highest BCUT2D eigenvalue weighted by Gasteiger charge is 2.28. The summed E-state index contributed by atoms with van der Waals surface area (Å²) in [5.41, 5.74) is 3.53. The number of halogens is 4. The minimum atomic E-state index is -4.18. The van der Waals surface area contributed by atoms with Gasteiger partial charge in [0.1, 0.15) is 0 Å². The predicted octanol–water partition coefficient (Wildman–Crippen LogP) is 3.69. The third kappa shape index (κ3) is 7.86. The molecular formula is C19H29F3IN5. The van der Waals surface area contributed by atoms with Crippen molar-refractivity contribution in [1.29, 1.82) is 0 Å². The number of para-hydroxylation sites is 1. The number of nitrogens with one attached hydrogen (secondary N) is 3. The third-order valence-corrected chi connectivity index (χ3v) is 4.24. The van der Waals surface area contributed by atoms with Crippen LogP contribution >= 0.6 is 24.0 Å². The highest BCUT2D eigenvalue weighted by Crippen LogP contribution is 2.21. The van der Waals surface area contributed by atoms with Crippen molar-refractivity contribution >= 4 is 40.8 Å². The number of aromatic nitrogens is 1. The van der Waals surface area contributed by atoms with E-state index in [2.05, 4.69) is 39.7 Å². The van der Waals surface area contributed by atoms with Gasteiger partial charge in [-0.1, -0.05) is 18.2 Å². The Morgan fingerprint density at radius 3 is 2.61 bits per heavy atom. The van der Waals surface area contributed by atoms with Crippen LogP contribution < -0.4 is 10.6 Å². The van der Waals surface area contributed by atoms with Gasteiger partial charge in [-0.25, -0.2) is 0 Å². The van der Waals surface area contributed by atoms with Crippen molar-refractivity contribution in [2.45, 2.75) is 26.4 Å². The molecule has 2 aromatic rings. The van der Waals surface area contributed by atoms with Crippen LogP contribution in [-0.2, 0) is 6.42 Å². The molecule has 9 heteroatoms. The number of aryl methyl sites for hydroxylation is 1. The van der Waals surface area contributed by atoms with E-state index >= 15 is 0 Å². The standard InChI is InChI=1S/C19H28F3N5.HI/c1-4-23-18(25-11-12-27(3)13-19(20,21)22)24-10-9-15-14(2)26-17-8-6-5-7-16(15)17;/h5-8,26H,4,9-13H2,1-3H3,(H2,23,24,25);1H. The van der Waals surface area contributed by atoms with Gasteiger partial charge in [0.15, 0.2) is 5.96 Å². The van der Waals surface area contributed by atoms with E-state index in [0.717, 1.165) is 17.6 Å². The van der Waals surface area contributed by atoms with Crippen molar-refractivity contribution in [2.75, 3.05) is 39.8 Å². The van der Waals surface area contributed by atoms with E-state index in [4.69, 9.17) is 0 Å². The van der Waals surface area contributed by atoms with Gasteiger partial charge < -0.3 is 15.6 Å². The highest BCUT2D eigenvalue weighted by molar-refractivity contribution is 14.0. The lowest BCUT2D eigenvalue weighted by Crippen LogP contribution is -2.39. The van der Waals surface area contributed by atoms with Gasteiger partial charge in [0, 0.05) is 36.2 Å². The summed E-state index contributed by atoms with van der Waals surface area (Å²) >= 11 is 0. The van der Waals surface area contributed by atoms with Crippen LogP contribution in [0.1, 0.15) is 18.2 Å². The first kappa shape index (κ1) is 24.5. The van der Waals surface area contributed by atoms with Crippen LogP contribution in [-0.4, -0.2) is 61.8 Å². The molecule has 3 N–H and O–H groups in total. The summed E-state index contributed by atoms with van der Waals surface area (Å²) in [7, 11) is 1.45. The van der Waals surface area contributed by atoms with Crippen molar-refractivity contribution in [2.24, 2.45) is 4.99 Å². The van der Waals surface area contributed by atoms with E-state index in [1.807, 2.05) is 19.1 Å². The molecule has 0 aliphatic rings. The number of nitrogens with zero attached hydrogens (tertiary/aromatic N) is 2. The second-order valence-corrected chi connectivity index (χ2v) is 6.56. The van der Waals surface area contributed by atoms with E-state index in [0.29, 0.717) is 25.6 Å². The molecule has 0 radical (unpaired) electrons. The quantitative estimate of drug-likeness (QED) is 0.288. The minimum absolute atomic E-state index is 0. The molecule has 0 aliphatic carbocycles. The number of fused-ring (bicyclic) bond motifs is 1. The van der Waals surface area contributed by atoms with E-state index < -0.39 is 12.7 Å². The van der Waals surface area contributed by atoms with Crippen molar-refractivity contribution in [3.05, 3.63) is 35.5 Å². The summed E-state index contributed by atoms with van der Waals surface area (Å²) in [4.78, 5) is 8.97. The van der Waals surface area contributed by atoms with Gasteiger partial charge in [-0.15, -0.1) is 24.0 Å². The monoisotopic (exact) mass is 511 g/mol. The van der Waals surface area contributed by atoms with E-state index in [1.54, 1.807) is 0 Å². The Kier molecular flexibility index (Phi) is 10.1. The third-order valence-electron chi connectivity index (χ3n) is 4.24. The molecule has 0 saturated carbocycles. The molecular weight excluding hydrogens is 482 g/mol. The SMILES string of the molecule is CCNC(=NCCN(C)CC(F)(F)F)NCCc1c(C)[nH]c2ccccc12.I. The Labute approximate surface area is 181 Å². The minimum Gasteiger partial charge on any atom is -0.358 e.